The molecule has 2 nitrogen and oxygen atoms in total. The van der Waals surface area contributed by atoms with Crippen molar-refractivity contribution in [2.75, 3.05) is 7.11 Å². The minimum absolute atomic E-state index is 0.178. The molecule has 0 heterocycles. The molecule has 1 saturated carbocycles. The molecule has 0 bridgehead atoms. The van der Waals surface area contributed by atoms with Crippen LogP contribution in [-0.4, -0.2) is 7.11 Å². The first-order valence-electron chi connectivity index (χ1n) is 4.81. The van der Waals surface area contributed by atoms with Gasteiger partial charge in [-0.05, 0) is 52.4 Å². The van der Waals surface area contributed by atoms with Gasteiger partial charge in [0.15, 0.2) is 0 Å². The van der Waals surface area contributed by atoms with Crippen molar-refractivity contribution in [3.05, 3.63) is 28.2 Å². The van der Waals surface area contributed by atoms with Crippen molar-refractivity contribution in [3.63, 3.8) is 0 Å². The zero-order valence-electron chi connectivity index (χ0n) is 8.16. The Kier molecular flexibility index (Phi) is 2.79. The van der Waals surface area contributed by atoms with Gasteiger partial charge in [-0.1, -0.05) is 6.07 Å². The van der Waals surface area contributed by atoms with Gasteiger partial charge in [0.05, 0.1) is 11.6 Å². The molecule has 1 aliphatic rings. The highest BCUT2D eigenvalue weighted by Gasteiger charge is 2.29. The number of methoxy groups -OCH3 is 1. The molecule has 2 rings (SSSR count). The monoisotopic (exact) mass is 255 g/mol. The van der Waals surface area contributed by atoms with Crippen molar-refractivity contribution < 1.29 is 4.74 Å². The number of ether oxygens (including phenoxy) is 1. The summed E-state index contributed by atoms with van der Waals surface area (Å²) < 4.78 is 6.21. The van der Waals surface area contributed by atoms with E-state index in [4.69, 9.17) is 10.5 Å². The van der Waals surface area contributed by atoms with E-state index in [9.17, 15) is 0 Å². The van der Waals surface area contributed by atoms with E-state index in [0.717, 1.165) is 10.2 Å². The highest BCUT2D eigenvalue weighted by Crippen LogP contribution is 2.40. The Balaban J connectivity index is 2.25. The third-order valence-corrected chi connectivity index (χ3v) is 3.35. The molecule has 1 fully saturated rings. The van der Waals surface area contributed by atoms with Crippen LogP contribution in [0, 0.1) is 5.92 Å². The van der Waals surface area contributed by atoms with Crippen LogP contribution in [0.3, 0.4) is 0 Å². The van der Waals surface area contributed by atoms with Crippen molar-refractivity contribution in [1.29, 1.82) is 0 Å². The van der Waals surface area contributed by atoms with Gasteiger partial charge in [-0.3, -0.25) is 0 Å². The molecule has 0 spiro atoms. The molecule has 1 aromatic rings. The maximum absolute atomic E-state index is 6.10. The molecule has 0 unspecified atom stereocenters. The fourth-order valence-corrected chi connectivity index (χ4v) is 2.02. The molecule has 0 radical (unpaired) electrons. The first-order valence-corrected chi connectivity index (χ1v) is 5.60. The van der Waals surface area contributed by atoms with Crippen molar-refractivity contribution in [2.24, 2.45) is 11.7 Å². The summed E-state index contributed by atoms with van der Waals surface area (Å²) in [5.41, 5.74) is 7.28. The van der Waals surface area contributed by atoms with Crippen LogP contribution >= 0.6 is 15.9 Å². The Morgan fingerprint density at radius 1 is 1.50 bits per heavy atom. The molecule has 2 N–H and O–H groups in total. The average molecular weight is 256 g/mol. The lowest BCUT2D eigenvalue weighted by Crippen LogP contribution is -2.12. The predicted molar refractivity (Wildman–Crippen MR) is 60.3 cm³/mol. The average Bonchev–Trinajstić information content (AvgIpc) is 3.01. The van der Waals surface area contributed by atoms with Gasteiger partial charge in [0.25, 0.3) is 0 Å². The third-order valence-electron chi connectivity index (χ3n) is 2.69. The van der Waals surface area contributed by atoms with Crippen molar-refractivity contribution in [1.82, 2.24) is 0 Å². The molecule has 0 saturated heterocycles. The highest BCUT2D eigenvalue weighted by atomic mass is 79.9. The van der Waals surface area contributed by atoms with Gasteiger partial charge < -0.3 is 10.5 Å². The minimum atomic E-state index is 0.178. The Morgan fingerprint density at radius 2 is 2.21 bits per heavy atom. The van der Waals surface area contributed by atoms with Gasteiger partial charge in [0.1, 0.15) is 5.75 Å². The second-order valence-electron chi connectivity index (χ2n) is 3.76. The number of nitrogens with two attached hydrogens (primary N) is 1. The van der Waals surface area contributed by atoms with E-state index in [1.54, 1.807) is 7.11 Å². The van der Waals surface area contributed by atoms with Gasteiger partial charge in [-0.25, -0.2) is 0 Å². The van der Waals surface area contributed by atoms with E-state index in [0.29, 0.717) is 5.92 Å². The summed E-state index contributed by atoms with van der Waals surface area (Å²) in [7, 11) is 1.67. The maximum atomic E-state index is 6.10. The van der Waals surface area contributed by atoms with Crippen LogP contribution in [-0.2, 0) is 0 Å². The molecule has 0 aliphatic heterocycles. The largest absolute Gasteiger partial charge is 0.496 e. The van der Waals surface area contributed by atoms with Gasteiger partial charge in [0, 0.05) is 6.04 Å². The van der Waals surface area contributed by atoms with E-state index in [2.05, 4.69) is 22.0 Å². The predicted octanol–water partition coefficient (Wildman–Crippen LogP) is 2.87. The molecule has 0 aromatic heterocycles. The van der Waals surface area contributed by atoms with Gasteiger partial charge >= 0.3 is 0 Å². The van der Waals surface area contributed by atoms with E-state index < -0.39 is 0 Å². The zero-order valence-corrected chi connectivity index (χ0v) is 9.75. The highest BCUT2D eigenvalue weighted by molar-refractivity contribution is 9.10. The molecule has 0 amide bonds. The van der Waals surface area contributed by atoms with E-state index in [-0.39, 0.29) is 6.04 Å². The van der Waals surface area contributed by atoms with Crippen LogP contribution in [0.1, 0.15) is 24.4 Å². The summed E-state index contributed by atoms with van der Waals surface area (Å²) in [4.78, 5) is 0. The molecule has 1 atom stereocenters. The fourth-order valence-electron chi connectivity index (χ4n) is 1.61. The third kappa shape index (κ3) is 1.93. The SMILES string of the molecule is COc1cc([C@@H](N)C2CC2)ccc1Br. The van der Waals surface area contributed by atoms with Crippen LogP contribution in [0.5, 0.6) is 5.75 Å². The van der Waals surface area contributed by atoms with Crippen molar-refractivity contribution >= 4 is 15.9 Å². The second-order valence-corrected chi connectivity index (χ2v) is 4.61. The van der Waals surface area contributed by atoms with Gasteiger partial charge in [0.2, 0.25) is 0 Å². The van der Waals surface area contributed by atoms with E-state index >= 15 is 0 Å². The smallest absolute Gasteiger partial charge is 0.133 e. The summed E-state index contributed by atoms with van der Waals surface area (Å²) in [6.45, 7) is 0. The standard InChI is InChI=1S/C11H14BrNO/c1-14-10-6-8(4-5-9(10)12)11(13)7-2-3-7/h4-7,11H,2-3,13H2,1H3/t11-/m0/s1. The molecule has 14 heavy (non-hydrogen) atoms. The fraction of sp³-hybridized carbons (Fsp3) is 0.455. The van der Waals surface area contributed by atoms with E-state index in [1.807, 2.05) is 12.1 Å². The summed E-state index contributed by atoms with van der Waals surface area (Å²) in [5, 5.41) is 0. The van der Waals surface area contributed by atoms with Crippen molar-refractivity contribution in [2.45, 2.75) is 18.9 Å². The number of hydrogen-bond acceptors (Lipinski definition) is 2. The summed E-state index contributed by atoms with van der Waals surface area (Å²) in [6.07, 6.45) is 2.53. The molecular formula is C11H14BrNO. The first-order chi connectivity index (χ1) is 6.72. The van der Waals surface area contributed by atoms with E-state index in [1.165, 1.54) is 18.4 Å². The quantitative estimate of drug-likeness (QED) is 0.902. The van der Waals surface area contributed by atoms with Crippen LogP contribution in [0.25, 0.3) is 0 Å². The van der Waals surface area contributed by atoms with Crippen molar-refractivity contribution in [3.8, 4) is 5.75 Å². The van der Waals surface area contributed by atoms with Gasteiger partial charge in [-0.2, -0.15) is 0 Å². The molecule has 1 aliphatic carbocycles. The van der Waals surface area contributed by atoms with Crippen LogP contribution in [0.4, 0.5) is 0 Å². The van der Waals surface area contributed by atoms with Crippen LogP contribution < -0.4 is 10.5 Å². The molecule has 76 valence electrons. The summed E-state index contributed by atoms with van der Waals surface area (Å²) >= 11 is 3.43. The zero-order chi connectivity index (χ0) is 10.1. The number of halogens is 1. The number of hydrogen-bond donors (Lipinski definition) is 1. The Morgan fingerprint density at radius 3 is 2.79 bits per heavy atom. The lowest BCUT2D eigenvalue weighted by molar-refractivity contribution is 0.411. The normalized spacial score (nSPS) is 17.9. The van der Waals surface area contributed by atoms with Crippen LogP contribution in [0.2, 0.25) is 0 Å². The summed E-state index contributed by atoms with van der Waals surface area (Å²) in [6, 6.07) is 6.26. The topological polar surface area (TPSA) is 35.2 Å². The molecular weight excluding hydrogens is 242 g/mol. The van der Waals surface area contributed by atoms with Crippen LogP contribution in [0.15, 0.2) is 22.7 Å². The van der Waals surface area contributed by atoms with Gasteiger partial charge in [-0.15, -0.1) is 0 Å². The first kappa shape index (κ1) is 9.99. The minimum Gasteiger partial charge on any atom is -0.496 e. The molecule has 3 heteroatoms. The number of benzene rings is 1. The Labute approximate surface area is 92.6 Å². The maximum Gasteiger partial charge on any atom is 0.133 e. The Bertz CT molecular complexity index is 336. The lowest BCUT2D eigenvalue weighted by atomic mass is 10.0. The lowest BCUT2D eigenvalue weighted by Gasteiger charge is -2.12. The summed E-state index contributed by atoms with van der Waals surface area (Å²) in [5.74, 6) is 1.54. The Hall–Kier alpha value is -0.540. The second kappa shape index (κ2) is 3.91. The molecule has 1 aromatic carbocycles. The number of rotatable bonds is 3.